The molecule has 2 aromatic heterocycles. The molecular formula is C28H27ClN4O2. The van der Waals surface area contributed by atoms with Gasteiger partial charge < -0.3 is 9.64 Å². The highest BCUT2D eigenvalue weighted by molar-refractivity contribution is 6.30. The Morgan fingerprint density at radius 2 is 1.89 bits per heavy atom. The molecule has 0 unspecified atom stereocenters. The fraction of sp³-hybridized carbons (Fsp3) is 0.321. The average Bonchev–Trinajstić information content (AvgIpc) is 3.25. The van der Waals surface area contributed by atoms with Crippen LogP contribution < -0.4 is 4.90 Å². The van der Waals surface area contributed by atoms with Crippen LogP contribution in [0.5, 0.6) is 0 Å². The highest BCUT2D eigenvalue weighted by Crippen LogP contribution is 2.36. The maximum absolute atomic E-state index is 12.4. The van der Waals surface area contributed by atoms with E-state index in [1.807, 2.05) is 62.4 Å². The largest absolute Gasteiger partial charge is 0.466 e. The third-order valence-electron chi connectivity index (χ3n) is 6.91. The molecule has 178 valence electrons. The van der Waals surface area contributed by atoms with E-state index in [-0.39, 0.29) is 11.9 Å². The number of nitriles is 1. The van der Waals surface area contributed by atoms with Crippen LogP contribution in [0.2, 0.25) is 5.02 Å². The Morgan fingerprint density at radius 3 is 2.57 bits per heavy atom. The molecule has 5 rings (SSSR count). The van der Waals surface area contributed by atoms with Crippen molar-refractivity contribution in [1.82, 2.24) is 9.38 Å². The Balaban J connectivity index is 1.68. The number of carbonyl (C=O) groups is 1. The number of piperidine rings is 1. The van der Waals surface area contributed by atoms with Crippen LogP contribution in [0.4, 0.5) is 5.82 Å². The summed E-state index contributed by atoms with van der Waals surface area (Å²) in [6.07, 6.45) is 2.12. The molecule has 0 spiro atoms. The molecule has 1 aliphatic rings. The first-order valence-electron chi connectivity index (χ1n) is 12.0. The second kappa shape index (κ2) is 9.59. The lowest BCUT2D eigenvalue weighted by molar-refractivity contribution is -0.148. The molecule has 2 aromatic carbocycles. The van der Waals surface area contributed by atoms with Gasteiger partial charge in [0, 0.05) is 30.1 Å². The zero-order valence-electron chi connectivity index (χ0n) is 19.9. The minimum Gasteiger partial charge on any atom is -0.466 e. The van der Waals surface area contributed by atoms with Crippen molar-refractivity contribution in [3.05, 3.63) is 75.8 Å². The van der Waals surface area contributed by atoms with Crippen LogP contribution in [0.1, 0.15) is 42.0 Å². The van der Waals surface area contributed by atoms with E-state index in [0.29, 0.717) is 29.3 Å². The van der Waals surface area contributed by atoms with Gasteiger partial charge in [-0.3, -0.25) is 9.20 Å². The smallest absolute Gasteiger partial charge is 0.309 e. The molecule has 7 heteroatoms. The third kappa shape index (κ3) is 4.21. The average molecular weight is 487 g/mol. The van der Waals surface area contributed by atoms with Gasteiger partial charge >= 0.3 is 5.97 Å². The van der Waals surface area contributed by atoms with E-state index in [4.69, 9.17) is 21.3 Å². The molecule has 1 saturated heterocycles. The molecule has 0 bridgehead atoms. The number of halogens is 1. The molecule has 3 heterocycles. The first-order valence-corrected chi connectivity index (χ1v) is 12.4. The summed E-state index contributed by atoms with van der Waals surface area (Å²) in [6.45, 7) is 5.71. The number of hydrogen-bond acceptors (Lipinski definition) is 5. The first kappa shape index (κ1) is 23.2. The monoisotopic (exact) mass is 486 g/mol. The summed E-state index contributed by atoms with van der Waals surface area (Å²) < 4.78 is 7.42. The number of carbonyl (C=O) groups excluding carboxylic acids is 1. The molecule has 0 radical (unpaired) electrons. The van der Waals surface area contributed by atoms with Gasteiger partial charge in [0.1, 0.15) is 11.9 Å². The van der Waals surface area contributed by atoms with Gasteiger partial charge in [0.25, 0.3) is 0 Å². The van der Waals surface area contributed by atoms with Crippen molar-refractivity contribution in [3.8, 4) is 6.07 Å². The number of rotatable bonds is 5. The van der Waals surface area contributed by atoms with Crippen LogP contribution in [-0.2, 0) is 16.0 Å². The number of anilines is 1. The van der Waals surface area contributed by atoms with Gasteiger partial charge in [-0.05, 0) is 62.1 Å². The number of nitrogens with zero attached hydrogens (tertiary/aromatic N) is 4. The summed E-state index contributed by atoms with van der Waals surface area (Å²) in [5.41, 5.74) is 6.24. The summed E-state index contributed by atoms with van der Waals surface area (Å²) in [5, 5.41) is 10.8. The van der Waals surface area contributed by atoms with E-state index in [1.165, 1.54) is 0 Å². The standard InChI is InChI=1S/C28H27ClN4O2/c1-3-35-28(34)20-12-14-32(15-13-20)27-22(16-19-8-10-21(29)11-9-19)18(2)23(17-30)26-31-24-6-4-5-7-25(24)33(26)27/h4-11,20H,3,12-16H2,1-2H3. The Bertz CT molecular complexity index is 1440. The molecule has 4 aromatic rings. The van der Waals surface area contributed by atoms with E-state index in [0.717, 1.165) is 59.5 Å². The van der Waals surface area contributed by atoms with E-state index < -0.39 is 0 Å². The number of benzene rings is 2. The lowest BCUT2D eigenvalue weighted by Gasteiger charge is -2.35. The zero-order valence-corrected chi connectivity index (χ0v) is 20.7. The molecule has 0 N–H and O–H groups in total. The van der Waals surface area contributed by atoms with Gasteiger partial charge in [0.05, 0.1) is 29.1 Å². The molecule has 6 nitrogen and oxygen atoms in total. The van der Waals surface area contributed by atoms with Crippen molar-refractivity contribution in [2.24, 2.45) is 5.92 Å². The molecule has 1 aliphatic heterocycles. The van der Waals surface area contributed by atoms with Crippen molar-refractivity contribution in [1.29, 1.82) is 5.26 Å². The molecule has 0 aliphatic carbocycles. The number of pyridine rings is 1. The quantitative estimate of drug-likeness (QED) is 0.339. The molecule has 0 amide bonds. The maximum atomic E-state index is 12.4. The van der Waals surface area contributed by atoms with E-state index >= 15 is 0 Å². The normalized spacial score (nSPS) is 14.4. The van der Waals surface area contributed by atoms with Gasteiger partial charge in [0.2, 0.25) is 0 Å². The topological polar surface area (TPSA) is 70.6 Å². The van der Waals surface area contributed by atoms with Gasteiger partial charge in [0.15, 0.2) is 5.65 Å². The van der Waals surface area contributed by atoms with Crippen LogP contribution in [-0.4, -0.2) is 35.1 Å². The third-order valence-corrected chi connectivity index (χ3v) is 7.17. The fourth-order valence-electron chi connectivity index (χ4n) is 5.10. The number of fused-ring (bicyclic) bond motifs is 3. The summed E-state index contributed by atoms with van der Waals surface area (Å²) in [7, 11) is 0. The lowest BCUT2D eigenvalue weighted by Crippen LogP contribution is -2.38. The van der Waals surface area contributed by atoms with Gasteiger partial charge in [-0.1, -0.05) is 35.9 Å². The van der Waals surface area contributed by atoms with Gasteiger partial charge in [-0.2, -0.15) is 5.26 Å². The molecule has 1 fully saturated rings. The number of aromatic nitrogens is 2. The van der Waals surface area contributed by atoms with Crippen molar-refractivity contribution < 1.29 is 9.53 Å². The molecule has 0 saturated carbocycles. The van der Waals surface area contributed by atoms with Crippen LogP contribution in [0, 0.1) is 24.2 Å². The lowest BCUT2D eigenvalue weighted by atomic mass is 9.94. The van der Waals surface area contributed by atoms with Crippen molar-refractivity contribution >= 4 is 40.1 Å². The Kier molecular flexibility index (Phi) is 6.36. The minimum absolute atomic E-state index is 0.0829. The predicted molar refractivity (Wildman–Crippen MR) is 138 cm³/mol. The van der Waals surface area contributed by atoms with E-state index in [1.54, 1.807) is 0 Å². The van der Waals surface area contributed by atoms with Crippen molar-refractivity contribution in [2.45, 2.75) is 33.1 Å². The minimum atomic E-state index is -0.109. The summed E-state index contributed by atoms with van der Waals surface area (Å²) in [6, 6.07) is 18.3. The van der Waals surface area contributed by atoms with Crippen molar-refractivity contribution in [2.75, 3.05) is 24.6 Å². The Morgan fingerprint density at radius 1 is 1.17 bits per heavy atom. The van der Waals surface area contributed by atoms with Gasteiger partial charge in [-0.15, -0.1) is 0 Å². The summed E-state index contributed by atoms with van der Waals surface area (Å²) >= 11 is 6.14. The number of para-hydroxylation sites is 2. The number of ether oxygens (including phenoxy) is 1. The van der Waals surface area contributed by atoms with Crippen LogP contribution in [0.3, 0.4) is 0 Å². The van der Waals surface area contributed by atoms with E-state index in [2.05, 4.69) is 15.4 Å². The molecular weight excluding hydrogens is 460 g/mol. The second-order valence-electron chi connectivity index (χ2n) is 8.99. The highest BCUT2D eigenvalue weighted by atomic mass is 35.5. The molecule has 0 atom stereocenters. The number of hydrogen-bond donors (Lipinski definition) is 0. The van der Waals surface area contributed by atoms with E-state index in [9.17, 15) is 10.1 Å². The van der Waals surface area contributed by atoms with Crippen LogP contribution in [0.25, 0.3) is 16.7 Å². The Labute approximate surface area is 209 Å². The summed E-state index contributed by atoms with van der Waals surface area (Å²) in [4.78, 5) is 19.6. The second-order valence-corrected chi connectivity index (χ2v) is 9.43. The summed E-state index contributed by atoms with van der Waals surface area (Å²) in [5.74, 6) is 0.852. The highest BCUT2D eigenvalue weighted by Gasteiger charge is 2.30. The zero-order chi connectivity index (χ0) is 24.5. The van der Waals surface area contributed by atoms with Crippen LogP contribution in [0.15, 0.2) is 48.5 Å². The van der Waals surface area contributed by atoms with Gasteiger partial charge in [-0.25, -0.2) is 4.98 Å². The maximum Gasteiger partial charge on any atom is 0.309 e. The first-order chi connectivity index (χ1) is 17.0. The number of esters is 1. The SMILES string of the molecule is CCOC(=O)C1CCN(c2c(Cc3ccc(Cl)cc3)c(C)c(C#N)c3nc4ccccc4n23)CC1. The van der Waals surface area contributed by atoms with Crippen molar-refractivity contribution in [3.63, 3.8) is 0 Å². The fourth-order valence-corrected chi connectivity index (χ4v) is 5.23. The molecule has 35 heavy (non-hydrogen) atoms. The predicted octanol–water partition coefficient (Wildman–Crippen LogP) is 5.69. The van der Waals surface area contributed by atoms with Crippen LogP contribution >= 0.6 is 11.6 Å². The number of imidazole rings is 1. The Hall–Kier alpha value is -3.56.